The van der Waals surface area contributed by atoms with E-state index in [-0.39, 0.29) is 5.92 Å². The van der Waals surface area contributed by atoms with Crippen LogP contribution < -0.4 is 0 Å². The largest absolute Gasteiger partial charge is 0.480 e. The predicted octanol–water partition coefficient (Wildman–Crippen LogP) is 2.76. The number of carboxylic acids is 1. The summed E-state index contributed by atoms with van der Waals surface area (Å²) in [6.45, 7) is 3.77. The zero-order valence-electron chi connectivity index (χ0n) is 9.18. The Morgan fingerprint density at radius 1 is 1.38 bits per heavy atom. The number of nitriles is 1. The van der Waals surface area contributed by atoms with Crippen molar-refractivity contribution in [3.8, 4) is 6.07 Å². The summed E-state index contributed by atoms with van der Waals surface area (Å²) in [6, 6.07) is 8.98. The quantitative estimate of drug-likeness (QED) is 0.815. The summed E-state index contributed by atoms with van der Waals surface area (Å²) >= 11 is 1.32. The first-order valence-electron chi connectivity index (χ1n) is 4.94. The zero-order valence-corrected chi connectivity index (χ0v) is 9.99. The number of rotatable bonds is 4. The fourth-order valence-corrected chi connectivity index (χ4v) is 2.19. The van der Waals surface area contributed by atoms with Gasteiger partial charge in [-0.05, 0) is 30.2 Å². The first kappa shape index (κ1) is 12.6. The van der Waals surface area contributed by atoms with E-state index < -0.39 is 11.2 Å². The molecule has 16 heavy (non-hydrogen) atoms. The van der Waals surface area contributed by atoms with Crippen molar-refractivity contribution >= 4 is 17.7 Å². The lowest BCUT2D eigenvalue weighted by atomic mass is 10.1. The molecule has 0 bridgehead atoms. The van der Waals surface area contributed by atoms with E-state index in [0.717, 1.165) is 4.90 Å². The highest BCUT2D eigenvalue weighted by atomic mass is 32.2. The van der Waals surface area contributed by atoms with Crippen molar-refractivity contribution in [2.24, 2.45) is 5.92 Å². The van der Waals surface area contributed by atoms with Crippen molar-refractivity contribution in [2.45, 2.75) is 24.0 Å². The standard InChI is InChI=1S/C12H13NO2S/c1-8(2)11(12(14)15)16-10-5-3-9(7-13)4-6-10/h3-6,8,11H,1-2H3,(H,14,15). The second-order valence-corrected chi connectivity index (χ2v) is 4.97. The van der Waals surface area contributed by atoms with Crippen LogP contribution in [0.5, 0.6) is 0 Å². The highest BCUT2D eigenvalue weighted by molar-refractivity contribution is 8.00. The summed E-state index contributed by atoms with van der Waals surface area (Å²) in [5.74, 6) is -0.734. The number of hydrogen-bond donors (Lipinski definition) is 1. The fourth-order valence-electron chi connectivity index (χ4n) is 1.23. The molecule has 4 heteroatoms. The number of nitrogens with zero attached hydrogens (tertiary/aromatic N) is 1. The lowest BCUT2D eigenvalue weighted by Crippen LogP contribution is -2.22. The molecule has 0 radical (unpaired) electrons. The molecule has 0 fully saturated rings. The molecule has 1 N–H and O–H groups in total. The number of carboxylic acid groups (broad SMARTS) is 1. The molecule has 0 saturated heterocycles. The van der Waals surface area contributed by atoms with Crippen molar-refractivity contribution < 1.29 is 9.90 Å². The Labute approximate surface area is 99.1 Å². The van der Waals surface area contributed by atoms with Crippen LogP contribution in [-0.4, -0.2) is 16.3 Å². The van der Waals surface area contributed by atoms with Crippen LogP contribution in [0, 0.1) is 17.2 Å². The molecule has 1 unspecified atom stereocenters. The molecule has 0 spiro atoms. The third-order valence-electron chi connectivity index (χ3n) is 2.10. The molecule has 0 saturated carbocycles. The van der Waals surface area contributed by atoms with Gasteiger partial charge in [0.05, 0.1) is 11.6 Å². The van der Waals surface area contributed by atoms with Gasteiger partial charge < -0.3 is 5.11 Å². The van der Waals surface area contributed by atoms with Crippen LogP contribution in [0.4, 0.5) is 0 Å². The van der Waals surface area contributed by atoms with Crippen LogP contribution in [0.25, 0.3) is 0 Å². The maximum absolute atomic E-state index is 11.0. The highest BCUT2D eigenvalue weighted by Crippen LogP contribution is 2.28. The van der Waals surface area contributed by atoms with E-state index in [9.17, 15) is 4.79 Å². The Morgan fingerprint density at radius 2 is 1.94 bits per heavy atom. The Morgan fingerprint density at radius 3 is 2.31 bits per heavy atom. The molecule has 0 aliphatic carbocycles. The minimum atomic E-state index is -0.802. The SMILES string of the molecule is CC(C)C(Sc1ccc(C#N)cc1)C(=O)O. The van der Waals surface area contributed by atoms with Crippen LogP contribution in [-0.2, 0) is 4.79 Å². The molecule has 1 aromatic rings. The second-order valence-electron chi connectivity index (χ2n) is 3.76. The number of aliphatic carboxylic acids is 1. The van der Waals surface area contributed by atoms with Gasteiger partial charge in [-0.2, -0.15) is 5.26 Å². The molecular weight excluding hydrogens is 222 g/mol. The van der Waals surface area contributed by atoms with E-state index >= 15 is 0 Å². The van der Waals surface area contributed by atoms with E-state index in [0.29, 0.717) is 5.56 Å². The Kier molecular flexibility index (Phi) is 4.39. The molecule has 0 heterocycles. The van der Waals surface area contributed by atoms with Crippen LogP contribution >= 0.6 is 11.8 Å². The smallest absolute Gasteiger partial charge is 0.317 e. The second kappa shape index (κ2) is 5.57. The molecule has 0 aromatic heterocycles. The summed E-state index contributed by atoms with van der Waals surface area (Å²) in [6.07, 6.45) is 0. The first-order chi connectivity index (χ1) is 7.54. The van der Waals surface area contributed by atoms with E-state index in [1.54, 1.807) is 24.3 Å². The highest BCUT2D eigenvalue weighted by Gasteiger charge is 2.22. The van der Waals surface area contributed by atoms with Crippen molar-refractivity contribution in [1.82, 2.24) is 0 Å². The molecule has 1 rings (SSSR count). The van der Waals surface area contributed by atoms with Gasteiger partial charge in [-0.25, -0.2) is 0 Å². The summed E-state index contributed by atoms with van der Waals surface area (Å²) in [5.41, 5.74) is 0.584. The Balaban J connectivity index is 2.78. The lowest BCUT2D eigenvalue weighted by Gasteiger charge is -2.15. The van der Waals surface area contributed by atoms with Crippen LogP contribution in [0.15, 0.2) is 29.2 Å². The number of thioether (sulfide) groups is 1. The van der Waals surface area contributed by atoms with Crippen molar-refractivity contribution in [2.75, 3.05) is 0 Å². The van der Waals surface area contributed by atoms with Gasteiger partial charge in [0.25, 0.3) is 0 Å². The molecule has 0 amide bonds. The third-order valence-corrected chi connectivity index (χ3v) is 3.64. The fraction of sp³-hybridized carbons (Fsp3) is 0.333. The minimum Gasteiger partial charge on any atom is -0.480 e. The summed E-state index contributed by atoms with van der Waals surface area (Å²) in [5, 5.41) is 17.2. The van der Waals surface area contributed by atoms with E-state index in [1.165, 1.54) is 11.8 Å². The Bertz CT molecular complexity index is 406. The van der Waals surface area contributed by atoms with Crippen molar-refractivity contribution in [1.29, 1.82) is 5.26 Å². The van der Waals surface area contributed by atoms with Gasteiger partial charge in [-0.1, -0.05) is 13.8 Å². The van der Waals surface area contributed by atoms with Gasteiger partial charge in [-0.15, -0.1) is 11.8 Å². The normalized spacial score (nSPS) is 12.1. The van der Waals surface area contributed by atoms with Gasteiger partial charge >= 0.3 is 5.97 Å². The number of carbonyl (C=O) groups is 1. The first-order valence-corrected chi connectivity index (χ1v) is 5.82. The minimum absolute atomic E-state index is 0.0677. The van der Waals surface area contributed by atoms with Gasteiger partial charge in [0.1, 0.15) is 5.25 Å². The Hall–Kier alpha value is -1.47. The lowest BCUT2D eigenvalue weighted by molar-refractivity contribution is -0.137. The van der Waals surface area contributed by atoms with E-state index in [1.807, 2.05) is 19.9 Å². The van der Waals surface area contributed by atoms with E-state index in [2.05, 4.69) is 0 Å². The average molecular weight is 235 g/mol. The summed E-state index contributed by atoms with van der Waals surface area (Å²) in [4.78, 5) is 11.9. The van der Waals surface area contributed by atoms with Crippen molar-refractivity contribution in [3.05, 3.63) is 29.8 Å². The maximum Gasteiger partial charge on any atom is 0.317 e. The zero-order chi connectivity index (χ0) is 12.1. The summed E-state index contributed by atoms with van der Waals surface area (Å²) < 4.78 is 0. The number of benzene rings is 1. The number of hydrogen-bond acceptors (Lipinski definition) is 3. The molecule has 1 aromatic carbocycles. The summed E-state index contributed by atoms with van der Waals surface area (Å²) in [7, 11) is 0. The topological polar surface area (TPSA) is 61.1 Å². The monoisotopic (exact) mass is 235 g/mol. The van der Waals surface area contributed by atoms with Gasteiger partial charge in [0, 0.05) is 4.90 Å². The van der Waals surface area contributed by atoms with Gasteiger partial charge in [0.2, 0.25) is 0 Å². The van der Waals surface area contributed by atoms with Crippen LogP contribution in [0.2, 0.25) is 0 Å². The molecule has 0 aliphatic heterocycles. The molecule has 3 nitrogen and oxygen atoms in total. The molecule has 84 valence electrons. The molecular formula is C12H13NO2S. The predicted molar refractivity (Wildman–Crippen MR) is 63.3 cm³/mol. The molecule has 0 aliphatic rings. The average Bonchev–Trinajstić information content (AvgIpc) is 2.25. The van der Waals surface area contributed by atoms with Gasteiger partial charge in [-0.3, -0.25) is 4.79 Å². The van der Waals surface area contributed by atoms with Crippen molar-refractivity contribution in [3.63, 3.8) is 0 Å². The van der Waals surface area contributed by atoms with Gasteiger partial charge in [0.15, 0.2) is 0 Å². The van der Waals surface area contributed by atoms with E-state index in [4.69, 9.17) is 10.4 Å². The molecule has 1 atom stereocenters. The maximum atomic E-state index is 11.0. The van der Waals surface area contributed by atoms with Crippen LogP contribution in [0.1, 0.15) is 19.4 Å². The van der Waals surface area contributed by atoms with Crippen LogP contribution in [0.3, 0.4) is 0 Å². The third kappa shape index (κ3) is 3.28.